The summed E-state index contributed by atoms with van der Waals surface area (Å²) in [6.45, 7) is 1.93. The Morgan fingerprint density at radius 1 is 1.14 bits per heavy atom. The highest BCUT2D eigenvalue weighted by molar-refractivity contribution is 6.30. The number of amides is 4. The zero-order chi connectivity index (χ0) is 20.7. The molecule has 2 atom stereocenters. The molecule has 0 aliphatic carbocycles. The second kappa shape index (κ2) is 7.25. The maximum absolute atomic E-state index is 13.1. The minimum atomic E-state index is -0.728. The highest BCUT2D eigenvalue weighted by Gasteiger charge is 2.49. The first-order valence-electron chi connectivity index (χ1n) is 9.07. The second-order valence-corrected chi connectivity index (χ2v) is 7.53. The quantitative estimate of drug-likeness (QED) is 0.815. The molecule has 2 N–H and O–H groups in total. The molecule has 4 amide bonds. The number of nitrogens with zero attached hydrogens (tertiary/aromatic N) is 2. The number of benzene rings is 2. The zero-order valence-corrected chi connectivity index (χ0v) is 16.6. The Balaban J connectivity index is 1.57. The van der Waals surface area contributed by atoms with Gasteiger partial charge in [-0.15, -0.1) is 0 Å². The highest BCUT2D eigenvalue weighted by atomic mass is 35.5. The van der Waals surface area contributed by atoms with Gasteiger partial charge in [0.2, 0.25) is 0 Å². The minimum Gasteiger partial charge on any atom is -0.366 e. The van der Waals surface area contributed by atoms with Crippen LogP contribution in [-0.4, -0.2) is 41.9 Å². The molecule has 0 radical (unpaired) electrons. The Hall–Kier alpha value is -3.32. The molecule has 0 spiro atoms. The number of imide groups is 1. The predicted molar refractivity (Wildman–Crippen MR) is 111 cm³/mol. The van der Waals surface area contributed by atoms with E-state index in [4.69, 9.17) is 11.6 Å². The molecule has 0 aromatic heterocycles. The van der Waals surface area contributed by atoms with Crippen LogP contribution in [0.1, 0.15) is 5.56 Å². The first-order chi connectivity index (χ1) is 13.8. The molecule has 7 nitrogen and oxygen atoms in total. The zero-order valence-electron chi connectivity index (χ0n) is 15.8. The van der Waals surface area contributed by atoms with Gasteiger partial charge < -0.3 is 15.5 Å². The summed E-state index contributed by atoms with van der Waals surface area (Å²) in [4.78, 5) is 41.4. The molecule has 8 heteroatoms. The normalized spacial score (nSPS) is 20.9. The van der Waals surface area contributed by atoms with Gasteiger partial charge in [0.1, 0.15) is 6.04 Å². The number of hydrogen-bond acceptors (Lipinski definition) is 4. The number of hydrogen-bond donors (Lipinski definition) is 2. The monoisotopic (exact) mass is 410 g/mol. The first-order valence-corrected chi connectivity index (χ1v) is 9.44. The fourth-order valence-corrected chi connectivity index (χ4v) is 3.78. The smallest absolute Gasteiger partial charge is 0.329 e. The van der Waals surface area contributed by atoms with E-state index in [-0.39, 0.29) is 5.91 Å². The highest BCUT2D eigenvalue weighted by Crippen LogP contribution is 2.30. The van der Waals surface area contributed by atoms with Crippen LogP contribution in [0, 0.1) is 6.92 Å². The molecule has 2 heterocycles. The average Bonchev–Trinajstić information content (AvgIpc) is 3.00. The van der Waals surface area contributed by atoms with E-state index in [1.165, 1.54) is 0 Å². The maximum atomic E-state index is 13.1. The maximum Gasteiger partial charge on any atom is 0.329 e. The van der Waals surface area contributed by atoms with Crippen LogP contribution in [0.4, 0.5) is 16.2 Å². The van der Waals surface area contributed by atoms with Crippen molar-refractivity contribution in [2.24, 2.45) is 0 Å². The Labute approximate surface area is 172 Å². The third kappa shape index (κ3) is 3.45. The molecule has 29 heavy (non-hydrogen) atoms. The lowest BCUT2D eigenvalue weighted by Crippen LogP contribution is -2.65. The number of likely N-dealkylation sites (N-methyl/N-ethyl adjacent to an activating group) is 1. The van der Waals surface area contributed by atoms with Crippen LogP contribution in [0.2, 0.25) is 5.02 Å². The van der Waals surface area contributed by atoms with Crippen molar-refractivity contribution in [3.63, 3.8) is 0 Å². The number of rotatable bonds is 3. The Morgan fingerprint density at radius 2 is 1.86 bits per heavy atom. The van der Waals surface area contributed by atoms with Gasteiger partial charge in [-0.1, -0.05) is 23.7 Å². The fourth-order valence-electron chi connectivity index (χ4n) is 3.65. The number of urea groups is 1. The number of halogens is 1. The van der Waals surface area contributed by atoms with E-state index in [1.807, 2.05) is 25.1 Å². The largest absolute Gasteiger partial charge is 0.366 e. The van der Waals surface area contributed by atoms with Crippen molar-refractivity contribution < 1.29 is 14.4 Å². The number of fused-ring (bicyclic) bond motifs is 1. The molecule has 2 aliphatic rings. The fraction of sp³-hybridized carbons (Fsp3) is 0.190. The predicted octanol–water partition coefficient (Wildman–Crippen LogP) is 2.91. The van der Waals surface area contributed by atoms with Gasteiger partial charge in [-0.2, -0.15) is 0 Å². The van der Waals surface area contributed by atoms with Crippen LogP contribution in [0.15, 0.2) is 60.3 Å². The lowest BCUT2D eigenvalue weighted by atomic mass is 9.99. The molecule has 0 bridgehead atoms. The van der Waals surface area contributed by atoms with Crippen molar-refractivity contribution in [3.8, 4) is 0 Å². The SMILES string of the molecule is Cc1cccc(NC(=O)C2=CN(C)C3C(=O)N(c4ccc(Cl)cc4)C(=O)NC23)c1. The molecule has 148 valence electrons. The molecule has 1 fully saturated rings. The van der Waals surface area contributed by atoms with Crippen LogP contribution in [0.25, 0.3) is 0 Å². The number of anilines is 2. The number of aryl methyl sites for hydroxylation is 1. The van der Waals surface area contributed by atoms with Crippen LogP contribution < -0.4 is 15.5 Å². The molecule has 2 aromatic rings. The third-order valence-electron chi connectivity index (χ3n) is 5.01. The summed E-state index contributed by atoms with van der Waals surface area (Å²) in [6.07, 6.45) is 1.60. The third-order valence-corrected chi connectivity index (χ3v) is 5.26. The van der Waals surface area contributed by atoms with Gasteiger partial charge in [0, 0.05) is 24.0 Å². The summed E-state index contributed by atoms with van der Waals surface area (Å²) < 4.78 is 0. The summed E-state index contributed by atoms with van der Waals surface area (Å²) >= 11 is 5.90. The Morgan fingerprint density at radius 3 is 2.55 bits per heavy atom. The van der Waals surface area contributed by atoms with Gasteiger partial charge in [0.05, 0.1) is 17.3 Å². The summed E-state index contributed by atoms with van der Waals surface area (Å²) in [7, 11) is 1.71. The van der Waals surface area contributed by atoms with Gasteiger partial charge in [0.15, 0.2) is 0 Å². The van der Waals surface area contributed by atoms with Crippen LogP contribution in [-0.2, 0) is 9.59 Å². The van der Waals surface area contributed by atoms with Crippen LogP contribution >= 0.6 is 11.6 Å². The molecule has 1 saturated heterocycles. The number of nitrogens with one attached hydrogen (secondary N) is 2. The standard InChI is InChI=1S/C21H19ClN4O3/c1-12-4-3-5-14(10-12)23-19(27)16-11-25(2)18-17(16)24-21(29)26(20(18)28)15-8-6-13(22)7-9-15/h3-11,17-18H,1-2H3,(H,23,27)(H,24,29). The molecule has 2 aliphatic heterocycles. The number of carbonyl (C=O) groups is 3. The number of carbonyl (C=O) groups excluding carboxylic acids is 3. The molecule has 0 saturated carbocycles. The van der Waals surface area contributed by atoms with Crippen molar-refractivity contribution in [2.75, 3.05) is 17.3 Å². The summed E-state index contributed by atoms with van der Waals surface area (Å²) in [6, 6.07) is 11.8. The molecule has 2 unspecified atom stereocenters. The van der Waals surface area contributed by atoms with Gasteiger partial charge in [-0.3, -0.25) is 9.59 Å². The van der Waals surface area contributed by atoms with E-state index in [2.05, 4.69) is 10.6 Å². The van der Waals surface area contributed by atoms with E-state index >= 15 is 0 Å². The van der Waals surface area contributed by atoms with E-state index in [0.29, 0.717) is 22.0 Å². The van der Waals surface area contributed by atoms with Crippen LogP contribution in [0.3, 0.4) is 0 Å². The molecule has 2 aromatic carbocycles. The van der Waals surface area contributed by atoms with Gasteiger partial charge >= 0.3 is 6.03 Å². The van der Waals surface area contributed by atoms with E-state index in [9.17, 15) is 14.4 Å². The van der Waals surface area contributed by atoms with E-state index in [0.717, 1.165) is 10.5 Å². The Bertz CT molecular complexity index is 1030. The van der Waals surface area contributed by atoms with Crippen molar-refractivity contribution >= 4 is 40.8 Å². The molecular weight excluding hydrogens is 392 g/mol. The lowest BCUT2D eigenvalue weighted by Gasteiger charge is -2.37. The van der Waals surface area contributed by atoms with Crippen molar-refractivity contribution in [3.05, 3.63) is 70.9 Å². The lowest BCUT2D eigenvalue weighted by molar-refractivity contribution is -0.122. The summed E-state index contributed by atoms with van der Waals surface area (Å²) in [5.74, 6) is -0.763. The Kier molecular flexibility index (Phi) is 4.76. The first kappa shape index (κ1) is 19.0. The second-order valence-electron chi connectivity index (χ2n) is 7.10. The van der Waals surface area contributed by atoms with Crippen LogP contribution in [0.5, 0.6) is 0 Å². The molecular formula is C21H19ClN4O3. The van der Waals surface area contributed by atoms with Crippen molar-refractivity contribution in [2.45, 2.75) is 19.0 Å². The van der Waals surface area contributed by atoms with Gasteiger partial charge in [-0.05, 0) is 48.9 Å². The van der Waals surface area contributed by atoms with E-state index in [1.54, 1.807) is 48.5 Å². The van der Waals surface area contributed by atoms with Gasteiger partial charge in [-0.25, -0.2) is 9.69 Å². The topological polar surface area (TPSA) is 81.8 Å². The van der Waals surface area contributed by atoms with Crippen molar-refractivity contribution in [1.82, 2.24) is 10.2 Å². The van der Waals surface area contributed by atoms with E-state index < -0.39 is 24.0 Å². The van der Waals surface area contributed by atoms with Gasteiger partial charge in [0.25, 0.3) is 11.8 Å². The molecule has 4 rings (SSSR count). The summed E-state index contributed by atoms with van der Waals surface area (Å²) in [5, 5.41) is 6.13. The minimum absolute atomic E-state index is 0.330. The summed E-state index contributed by atoms with van der Waals surface area (Å²) in [5.41, 5.74) is 2.41. The van der Waals surface area contributed by atoms with Crippen molar-refractivity contribution in [1.29, 1.82) is 0 Å². The average molecular weight is 411 g/mol.